The minimum atomic E-state index is -0.599. The molecule has 8 heterocycles. The van der Waals surface area contributed by atoms with Crippen molar-refractivity contribution >= 4 is 73.2 Å². The van der Waals surface area contributed by atoms with Crippen molar-refractivity contribution < 1.29 is 18.9 Å². The van der Waals surface area contributed by atoms with Crippen molar-refractivity contribution in [1.29, 1.82) is 0 Å². The van der Waals surface area contributed by atoms with Crippen LogP contribution in [-0.2, 0) is 31.8 Å². The number of benzene rings is 2. The van der Waals surface area contributed by atoms with Gasteiger partial charge in [0.15, 0.2) is 11.6 Å². The number of halogens is 1. The third-order valence-corrected chi connectivity index (χ3v) is 17.0. The first-order valence-electron chi connectivity index (χ1n) is 27.3. The molecule has 14 rings (SSSR count). The van der Waals surface area contributed by atoms with Crippen LogP contribution in [0, 0.1) is 23.7 Å². The van der Waals surface area contributed by atoms with Crippen molar-refractivity contribution in [2.24, 2.45) is 23.7 Å². The SMILES string of the molecule is C=Cc1ncnc2c1ccn2[C@@H]1C[C@H](CCc2ccc3ccc(NCC4CC4)nc3c2)[C@H]2OC(C)(C)O[C@H]21.CC1(C)O[C@@H]2[C@@H](CCc3ccc4ccc(NCC5CC5)nc4c3)C[C@@H](n3ccc4c(Cl)ncnc43)[C@@H]2O1. The molecule has 8 atom stereocenters. The third-order valence-electron chi connectivity index (χ3n) is 16.7. The molecule has 2 aliphatic heterocycles. The molecule has 6 fully saturated rings. The summed E-state index contributed by atoms with van der Waals surface area (Å²) < 4.78 is 30.4. The highest BCUT2D eigenvalue weighted by Crippen LogP contribution is 2.51. The molecule has 0 amide bonds. The molecule has 0 radical (unpaired) electrons. The van der Waals surface area contributed by atoms with Crippen molar-refractivity contribution in [2.75, 3.05) is 23.7 Å². The fourth-order valence-corrected chi connectivity index (χ4v) is 12.7. The molecule has 8 aromatic rings. The van der Waals surface area contributed by atoms with E-state index >= 15 is 0 Å². The average Bonchev–Trinajstić information content (AvgIpc) is 4.16. The van der Waals surface area contributed by atoms with Gasteiger partial charge in [-0.15, -0.1) is 0 Å². The van der Waals surface area contributed by atoms with Crippen molar-refractivity contribution in [3.8, 4) is 0 Å². The fraction of sp³-hybridized carbons (Fsp3) is 0.467. The van der Waals surface area contributed by atoms with Crippen LogP contribution < -0.4 is 10.6 Å². The molecule has 6 aliphatic rings. The zero-order valence-corrected chi connectivity index (χ0v) is 44.1. The number of hydrogen-bond acceptors (Lipinski definition) is 12. The lowest BCUT2D eigenvalue weighted by molar-refractivity contribution is -0.160. The van der Waals surface area contributed by atoms with Crippen LogP contribution in [0.3, 0.4) is 0 Å². The molecule has 15 heteroatoms. The Morgan fingerprint density at radius 2 is 1.07 bits per heavy atom. The molecular formula is C60H67ClN10O4. The minimum Gasteiger partial charge on any atom is -0.370 e. The van der Waals surface area contributed by atoms with Crippen LogP contribution in [0.4, 0.5) is 11.6 Å². The standard InChI is InChI=1S/C31H35N5O2.C29H32ClN5O2/c1-4-24-23-13-14-36(30(23)34-18-33-24)26-16-22(28-29(26)38-31(2,3)37-28)10-8-19-7-9-21-11-12-27(35-25(21)15-19)32-17-20-5-6-20;1-29(2)36-25-20(14-23(26(25)37-29)35-12-11-21-27(30)32-16-33-28(21)35)8-6-17-5-7-19-9-10-24(34-22(19)13-17)31-15-18-3-4-18/h4,7,9,11-15,18,20,22,26,28-29H,1,5-6,8,10,16-17H2,2-3H3,(H,32,35);5,7,9-13,16,18,20,23,25-26H,3-4,6,8,14-15H2,1-2H3,(H,31,34)/t22-,26+,28+,29-;20-,23+,25+,26-/m00/s1. The van der Waals surface area contributed by atoms with Crippen LogP contribution in [0.25, 0.3) is 49.9 Å². The van der Waals surface area contributed by atoms with Crippen molar-refractivity contribution in [2.45, 2.75) is 140 Å². The summed E-state index contributed by atoms with van der Waals surface area (Å²) in [6.07, 6.45) is 20.5. The largest absolute Gasteiger partial charge is 0.370 e. The normalized spacial score (nSPS) is 26.4. The summed E-state index contributed by atoms with van der Waals surface area (Å²) in [5.41, 5.74) is 7.38. The van der Waals surface area contributed by atoms with Gasteiger partial charge < -0.3 is 38.7 Å². The molecule has 6 aromatic heterocycles. The predicted molar refractivity (Wildman–Crippen MR) is 295 cm³/mol. The van der Waals surface area contributed by atoms with E-state index in [4.69, 9.17) is 40.5 Å². The lowest BCUT2D eigenvalue weighted by Crippen LogP contribution is -2.27. The number of aryl methyl sites for hydroxylation is 2. The number of fused-ring (bicyclic) bond motifs is 6. The minimum absolute atomic E-state index is 0.00823. The first kappa shape index (κ1) is 48.6. The van der Waals surface area contributed by atoms with E-state index in [1.165, 1.54) is 53.9 Å². The number of rotatable bonds is 15. The smallest absolute Gasteiger partial charge is 0.163 e. The molecule has 2 N–H and O–H groups in total. The highest BCUT2D eigenvalue weighted by Gasteiger charge is 2.55. The van der Waals surface area contributed by atoms with E-state index in [1.54, 1.807) is 12.4 Å². The summed E-state index contributed by atoms with van der Waals surface area (Å²) in [6.45, 7) is 14.0. The van der Waals surface area contributed by atoms with Crippen LogP contribution >= 0.6 is 11.6 Å². The molecule has 75 heavy (non-hydrogen) atoms. The maximum absolute atomic E-state index is 6.49. The van der Waals surface area contributed by atoms with E-state index in [-0.39, 0.29) is 36.5 Å². The van der Waals surface area contributed by atoms with Crippen LogP contribution in [0.5, 0.6) is 0 Å². The van der Waals surface area contributed by atoms with Gasteiger partial charge in [0.25, 0.3) is 0 Å². The summed E-state index contributed by atoms with van der Waals surface area (Å²) in [5, 5.41) is 11.7. The van der Waals surface area contributed by atoms with Gasteiger partial charge in [-0.2, -0.15) is 0 Å². The quantitative estimate of drug-likeness (QED) is 0.0942. The lowest BCUT2D eigenvalue weighted by atomic mass is 9.95. The maximum atomic E-state index is 6.49. The van der Waals surface area contributed by atoms with Crippen LogP contribution in [-0.4, -0.2) is 88.1 Å². The highest BCUT2D eigenvalue weighted by atomic mass is 35.5. The molecule has 2 saturated heterocycles. The Morgan fingerprint density at radius 3 is 1.57 bits per heavy atom. The Hall–Kier alpha value is -6.03. The lowest BCUT2D eigenvalue weighted by Gasteiger charge is -2.24. The van der Waals surface area contributed by atoms with Gasteiger partial charge in [-0.25, -0.2) is 29.9 Å². The van der Waals surface area contributed by atoms with Gasteiger partial charge in [0.05, 0.1) is 46.4 Å². The molecule has 2 aromatic carbocycles. The second-order valence-electron chi connectivity index (χ2n) is 23.0. The van der Waals surface area contributed by atoms with E-state index in [9.17, 15) is 0 Å². The maximum Gasteiger partial charge on any atom is 0.163 e. The molecule has 4 aliphatic carbocycles. The van der Waals surface area contributed by atoms with Gasteiger partial charge >= 0.3 is 0 Å². The second kappa shape index (κ2) is 19.5. The molecule has 14 nitrogen and oxygen atoms in total. The summed E-state index contributed by atoms with van der Waals surface area (Å²) in [7, 11) is 0. The Balaban J connectivity index is 0.000000144. The number of ether oxygens (including phenoxy) is 4. The van der Waals surface area contributed by atoms with Gasteiger partial charge in [-0.1, -0.05) is 42.4 Å². The van der Waals surface area contributed by atoms with Gasteiger partial charge in [0.2, 0.25) is 0 Å². The Bertz CT molecular complexity index is 3420. The van der Waals surface area contributed by atoms with Gasteiger partial charge in [0.1, 0.15) is 52.9 Å². The van der Waals surface area contributed by atoms with Crippen LogP contribution in [0.1, 0.15) is 108 Å². The van der Waals surface area contributed by atoms with E-state index in [0.29, 0.717) is 17.0 Å². The number of pyridine rings is 2. The number of aromatic nitrogens is 8. The number of hydrogen-bond donors (Lipinski definition) is 2. The van der Waals surface area contributed by atoms with Gasteiger partial charge in [-0.05, 0) is 181 Å². The highest BCUT2D eigenvalue weighted by molar-refractivity contribution is 6.33. The molecule has 0 spiro atoms. The first-order chi connectivity index (χ1) is 36.4. The molecule has 4 saturated carbocycles. The molecule has 0 unspecified atom stereocenters. The van der Waals surface area contributed by atoms with E-state index in [2.05, 4.69) is 125 Å². The van der Waals surface area contributed by atoms with E-state index in [0.717, 1.165) is 114 Å². The predicted octanol–water partition coefficient (Wildman–Crippen LogP) is 12.3. The zero-order valence-electron chi connectivity index (χ0n) is 43.4. The molecular weight excluding hydrogens is 960 g/mol. The topological polar surface area (TPSA) is 148 Å². The molecule has 0 bridgehead atoms. The Morgan fingerprint density at radius 1 is 0.600 bits per heavy atom. The summed E-state index contributed by atoms with van der Waals surface area (Å²) in [5.74, 6) is 3.17. The molecule has 388 valence electrons. The second-order valence-corrected chi connectivity index (χ2v) is 23.3. The van der Waals surface area contributed by atoms with Gasteiger partial charge in [0, 0.05) is 41.6 Å². The van der Waals surface area contributed by atoms with Crippen molar-refractivity contribution in [3.63, 3.8) is 0 Å². The first-order valence-corrected chi connectivity index (χ1v) is 27.7. The summed E-state index contributed by atoms with van der Waals surface area (Å²) in [4.78, 5) is 27.5. The number of anilines is 2. The van der Waals surface area contributed by atoms with Crippen molar-refractivity contribution in [1.82, 2.24) is 39.0 Å². The summed E-state index contributed by atoms with van der Waals surface area (Å²) in [6, 6.07) is 26.3. The Labute approximate surface area is 443 Å². The van der Waals surface area contributed by atoms with E-state index in [1.807, 2.05) is 33.8 Å². The number of nitrogens with zero attached hydrogens (tertiary/aromatic N) is 8. The summed E-state index contributed by atoms with van der Waals surface area (Å²) >= 11 is 6.34. The van der Waals surface area contributed by atoms with Crippen molar-refractivity contribution in [3.05, 3.63) is 126 Å². The monoisotopic (exact) mass is 1030 g/mol. The van der Waals surface area contributed by atoms with E-state index < -0.39 is 11.6 Å². The number of nitrogens with one attached hydrogen (secondary N) is 2. The Kier molecular flexibility index (Phi) is 12.6. The average molecular weight is 1030 g/mol. The van der Waals surface area contributed by atoms with Crippen LogP contribution in [0.2, 0.25) is 5.15 Å². The van der Waals surface area contributed by atoms with Crippen LogP contribution in [0.15, 0.2) is 104 Å². The van der Waals surface area contributed by atoms with Gasteiger partial charge in [-0.3, -0.25) is 0 Å². The zero-order chi connectivity index (χ0) is 51.0. The fourth-order valence-electron chi connectivity index (χ4n) is 12.5. The third kappa shape index (κ3) is 10.0.